The van der Waals surface area contributed by atoms with Gasteiger partial charge in [-0.15, -0.1) is 0 Å². The van der Waals surface area contributed by atoms with Crippen LogP contribution in [0, 0.1) is 11.3 Å². The number of nitriles is 1. The van der Waals surface area contributed by atoms with E-state index in [0.29, 0.717) is 5.57 Å². The Hall–Kier alpha value is -2.39. The molecule has 0 aromatic carbocycles. The Balaban J connectivity index is 4.19. The molecule has 0 saturated heterocycles. The molecule has 0 aliphatic heterocycles. The predicted molar refractivity (Wildman–Crippen MR) is 76.0 cm³/mol. The standard InChI is InChI=1S/C15H19NO5/c1-11(2)14(17)20-9-8-19-13(6-5-7-16)10-21-15(18)12(3)4/h5-6,13H,1,3,8-10H2,2,4H3. The summed E-state index contributed by atoms with van der Waals surface area (Å²) in [6, 6.07) is 1.82. The van der Waals surface area contributed by atoms with Crippen molar-refractivity contribution in [2.45, 2.75) is 20.0 Å². The number of hydrogen-bond donors (Lipinski definition) is 0. The quantitative estimate of drug-likeness (QED) is 0.278. The van der Waals surface area contributed by atoms with Crippen LogP contribution in [-0.2, 0) is 23.8 Å². The molecule has 0 aromatic rings. The SMILES string of the molecule is C=C(C)C(=O)OCCOC(C=CC#N)COC(=O)C(=C)C. The van der Waals surface area contributed by atoms with Gasteiger partial charge >= 0.3 is 11.9 Å². The zero-order valence-corrected chi connectivity index (χ0v) is 12.3. The lowest BCUT2D eigenvalue weighted by atomic mass is 10.3. The summed E-state index contributed by atoms with van der Waals surface area (Å²) in [6.07, 6.45) is 2.07. The van der Waals surface area contributed by atoms with Gasteiger partial charge in [0.2, 0.25) is 0 Å². The molecule has 0 rings (SSSR count). The van der Waals surface area contributed by atoms with Crippen molar-refractivity contribution in [2.75, 3.05) is 19.8 Å². The highest BCUT2D eigenvalue weighted by atomic mass is 16.6. The Bertz CT molecular complexity index is 473. The molecule has 21 heavy (non-hydrogen) atoms. The first-order chi connectivity index (χ1) is 9.88. The van der Waals surface area contributed by atoms with Crippen LogP contribution in [0.1, 0.15) is 13.8 Å². The van der Waals surface area contributed by atoms with Gasteiger partial charge in [-0.1, -0.05) is 13.2 Å². The number of carbonyl (C=O) groups is 2. The maximum Gasteiger partial charge on any atom is 0.333 e. The molecule has 0 fully saturated rings. The van der Waals surface area contributed by atoms with Crippen LogP contribution in [0.15, 0.2) is 36.5 Å². The third-order valence-electron chi connectivity index (χ3n) is 2.11. The summed E-state index contributed by atoms with van der Waals surface area (Å²) >= 11 is 0. The van der Waals surface area contributed by atoms with E-state index in [1.54, 1.807) is 6.92 Å². The van der Waals surface area contributed by atoms with Gasteiger partial charge in [-0.25, -0.2) is 9.59 Å². The highest BCUT2D eigenvalue weighted by Crippen LogP contribution is 2.00. The number of nitrogens with zero attached hydrogens (tertiary/aromatic N) is 1. The van der Waals surface area contributed by atoms with Crippen LogP contribution in [0.4, 0.5) is 0 Å². The zero-order chi connectivity index (χ0) is 16.3. The van der Waals surface area contributed by atoms with E-state index in [4.69, 9.17) is 19.5 Å². The first-order valence-electron chi connectivity index (χ1n) is 6.21. The summed E-state index contributed by atoms with van der Waals surface area (Å²) in [7, 11) is 0. The van der Waals surface area contributed by atoms with Gasteiger partial charge in [0, 0.05) is 17.2 Å². The summed E-state index contributed by atoms with van der Waals surface area (Å²) in [4.78, 5) is 22.4. The Morgan fingerprint density at radius 2 is 1.71 bits per heavy atom. The molecule has 1 atom stereocenters. The third kappa shape index (κ3) is 9.19. The van der Waals surface area contributed by atoms with Gasteiger partial charge < -0.3 is 14.2 Å². The molecule has 6 heteroatoms. The highest BCUT2D eigenvalue weighted by molar-refractivity contribution is 5.87. The van der Waals surface area contributed by atoms with Gasteiger partial charge in [0.1, 0.15) is 19.3 Å². The maximum absolute atomic E-state index is 11.3. The maximum atomic E-state index is 11.3. The van der Waals surface area contributed by atoms with Crippen molar-refractivity contribution < 1.29 is 23.8 Å². The van der Waals surface area contributed by atoms with Gasteiger partial charge in [-0.3, -0.25) is 0 Å². The Labute approximate surface area is 124 Å². The molecule has 0 radical (unpaired) electrons. The Kier molecular flexibility index (Phi) is 9.22. The van der Waals surface area contributed by atoms with Crippen molar-refractivity contribution in [3.63, 3.8) is 0 Å². The number of allylic oxidation sites excluding steroid dienone is 1. The fraction of sp³-hybridized carbons (Fsp3) is 0.400. The number of rotatable bonds is 9. The molecule has 0 amide bonds. The average molecular weight is 293 g/mol. The molecule has 6 nitrogen and oxygen atoms in total. The van der Waals surface area contributed by atoms with E-state index in [1.807, 2.05) is 6.07 Å². The number of ether oxygens (including phenoxy) is 3. The van der Waals surface area contributed by atoms with E-state index in [2.05, 4.69) is 13.2 Å². The van der Waals surface area contributed by atoms with Crippen molar-refractivity contribution in [1.82, 2.24) is 0 Å². The lowest BCUT2D eigenvalue weighted by molar-refractivity contribution is -0.143. The van der Waals surface area contributed by atoms with E-state index >= 15 is 0 Å². The molecule has 0 bridgehead atoms. The minimum absolute atomic E-state index is 0.0387. The number of esters is 2. The van der Waals surface area contributed by atoms with Crippen LogP contribution >= 0.6 is 0 Å². The molecular weight excluding hydrogens is 274 g/mol. The fourth-order valence-corrected chi connectivity index (χ4v) is 1.05. The van der Waals surface area contributed by atoms with Crippen LogP contribution in [-0.4, -0.2) is 37.9 Å². The summed E-state index contributed by atoms with van der Waals surface area (Å²) in [5, 5.41) is 8.49. The smallest absolute Gasteiger partial charge is 0.333 e. The second kappa shape index (κ2) is 10.4. The minimum Gasteiger partial charge on any atom is -0.460 e. The molecular formula is C15H19NO5. The summed E-state index contributed by atoms with van der Waals surface area (Å²) < 4.78 is 15.1. The van der Waals surface area contributed by atoms with Gasteiger partial charge in [0.05, 0.1) is 12.7 Å². The fourth-order valence-electron chi connectivity index (χ4n) is 1.05. The Morgan fingerprint density at radius 1 is 1.14 bits per heavy atom. The van der Waals surface area contributed by atoms with Crippen molar-refractivity contribution in [1.29, 1.82) is 5.26 Å². The van der Waals surface area contributed by atoms with Crippen molar-refractivity contribution in [3.05, 3.63) is 36.5 Å². The normalized spacial score (nSPS) is 11.5. The van der Waals surface area contributed by atoms with Crippen LogP contribution in [0.2, 0.25) is 0 Å². The average Bonchev–Trinajstić information content (AvgIpc) is 2.44. The molecule has 0 aromatic heterocycles. The van der Waals surface area contributed by atoms with E-state index in [-0.39, 0.29) is 25.4 Å². The molecule has 0 heterocycles. The van der Waals surface area contributed by atoms with Crippen molar-refractivity contribution in [3.8, 4) is 6.07 Å². The summed E-state index contributed by atoms with van der Waals surface area (Å²) in [5.74, 6) is -1.04. The van der Waals surface area contributed by atoms with E-state index in [0.717, 1.165) is 0 Å². The number of carbonyl (C=O) groups excluding carboxylic acids is 2. The zero-order valence-electron chi connectivity index (χ0n) is 12.3. The highest BCUT2D eigenvalue weighted by Gasteiger charge is 2.11. The second-order valence-electron chi connectivity index (χ2n) is 4.19. The molecule has 0 saturated carbocycles. The van der Waals surface area contributed by atoms with Gasteiger partial charge in [-0.2, -0.15) is 5.26 Å². The van der Waals surface area contributed by atoms with Gasteiger partial charge in [0.15, 0.2) is 0 Å². The van der Waals surface area contributed by atoms with Crippen LogP contribution < -0.4 is 0 Å². The lowest BCUT2D eigenvalue weighted by Crippen LogP contribution is -2.23. The van der Waals surface area contributed by atoms with Crippen LogP contribution in [0.25, 0.3) is 0 Å². The third-order valence-corrected chi connectivity index (χ3v) is 2.11. The van der Waals surface area contributed by atoms with Crippen LogP contribution in [0.3, 0.4) is 0 Å². The molecule has 0 N–H and O–H groups in total. The Morgan fingerprint density at radius 3 is 2.24 bits per heavy atom. The topological polar surface area (TPSA) is 85.6 Å². The largest absolute Gasteiger partial charge is 0.460 e. The van der Waals surface area contributed by atoms with E-state index in [9.17, 15) is 9.59 Å². The summed E-state index contributed by atoms with van der Waals surface area (Å²) in [5.41, 5.74) is 0.569. The molecule has 1 unspecified atom stereocenters. The first-order valence-corrected chi connectivity index (χ1v) is 6.21. The molecule has 0 aliphatic carbocycles. The van der Waals surface area contributed by atoms with E-state index < -0.39 is 18.0 Å². The first kappa shape index (κ1) is 18.6. The van der Waals surface area contributed by atoms with Crippen LogP contribution in [0.5, 0.6) is 0 Å². The monoisotopic (exact) mass is 293 g/mol. The number of hydrogen-bond acceptors (Lipinski definition) is 6. The molecule has 0 aliphatic rings. The van der Waals surface area contributed by atoms with Crippen molar-refractivity contribution in [2.24, 2.45) is 0 Å². The minimum atomic E-state index is -0.600. The predicted octanol–water partition coefficient (Wildman–Crippen LogP) is 1.69. The van der Waals surface area contributed by atoms with Gasteiger partial charge in [-0.05, 0) is 19.9 Å². The molecule has 0 spiro atoms. The second-order valence-corrected chi connectivity index (χ2v) is 4.19. The van der Waals surface area contributed by atoms with E-state index in [1.165, 1.54) is 19.1 Å². The van der Waals surface area contributed by atoms with Gasteiger partial charge in [0.25, 0.3) is 0 Å². The summed E-state index contributed by atoms with van der Waals surface area (Å²) in [6.45, 7) is 10.1. The van der Waals surface area contributed by atoms with Crippen molar-refractivity contribution >= 4 is 11.9 Å². The molecule has 114 valence electrons. The lowest BCUT2D eigenvalue weighted by Gasteiger charge is -2.14.